The molecule has 0 radical (unpaired) electrons. The molecular weight excluding hydrogens is 460 g/mol. The van der Waals surface area contributed by atoms with Crippen molar-refractivity contribution < 1.29 is 14.3 Å². The molecule has 0 spiro atoms. The maximum Gasteiger partial charge on any atom is 0.357 e. The maximum atomic E-state index is 13.1. The Balaban J connectivity index is 1.49. The SMILES string of the molecule is CN(Cc1ccccc1)c1cccc2c(OCc3ccccc3)cc(C(=O)OCc3ccccc3)nc12. The Kier molecular flexibility index (Phi) is 7.42. The topological polar surface area (TPSA) is 51.7 Å². The molecule has 0 aliphatic heterocycles. The molecule has 0 aliphatic carbocycles. The Morgan fingerprint density at radius 3 is 1.97 bits per heavy atom. The van der Waals surface area contributed by atoms with Gasteiger partial charge in [-0.25, -0.2) is 9.78 Å². The first-order valence-electron chi connectivity index (χ1n) is 12.2. The third-order valence-corrected chi connectivity index (χ3v) is 6.11. The summed E-state index contributed by atoms with van der Waals surface area (Å²) in [7, 11) is 2.02. The monoisotopic (exact) mass is 488 g/mol. The number of carbonyl (C=O) groups excluding carboxylic acids is 1. The lowest BCUT2D eigenvalue weighted by atomic mass is 10.1. The van der Waals surface area contributed by atoms with E-state index in [1.807, 2.05) is 104 Å². The van der Waals surface area contributed by atoms with Crippen LogP contribution in [-0.2, 0) is 24.5 Å². The Morgan fingerprint density at radius 1 is 0.730 bits per heavy atom. The molecule has 5 aromatic rings. The van der Waals surface area contributed by atoms with Crippen LogP contribution in [0.1, 0.15) is 27.2 Å². The Labute approximate surface area is 216 Å². The van der Waals surface area contributed by atoms with Crippen LogP contribution in [0.15, 0.2) is 115 Å². The van der Waals surface area contributed by atoms with Crippen LogP contribution in [0.5, 0.6) is 5.75 Å². The van der Waals surface area contributed by atoms with Crippen LogP contribution in [0.2, 0.25) is 0 Å². The number of aromatic nitrogens is 1. The van der Waals surface area contributed by atoms with Gasteiger partial charge in [0.1, 0.15) is 19.0 Å². The highest BCUT2D eigenvalue weighted by Crippen LogP contribution is 2.33. The van der Waals surface area contributed by atoms with Gasteiger partial charge in [-0.05, 0) is 28.8 Å². The fraction of sp³-hybridized carbons (Fsp3) is 0.125. The summed E-state index contributed by atoms with van der Waals surface area (Å²) < 4.78 is 11.9. The fourth-order valence-corrected chi connectivity index (χ4v) is 4.21. The predicted molar refractivity (Wildman–Crippen MR) is 147 cm³/mol. The van der Waals surface area contributed by atoms with Gasteiger partial charge in [-0.1, -0.05) is 97.1 Å². The third kappa shape index (κ3) is 5.96. The highest BCUT2D eigenvalue weighted by Gasteiger charge is 2.18. The van der Waals surface area contributed by atoms with Gasteiger partial charge in [0.25, 0.3) is 0 Å². The Bertz CT molecular complexity index is 1470. The molecule has 37 heavy (non-hydrogen) atoms. The van der Waals surface area contributed by atoms with Crippen molar-refractivity contribution in [2.75, 3.05) is 11.9 Å². The molecule has 0 unspecified atom stereocenters. The van der Waals surface area contributed by atoms with Gasteiger partial charge in [-0.15, -0.1) is 0 Å². The molecule has 0 saturated heterocycles. The molecular formula is C32H28N2O3. The molecule has 0 amide bonds. The van der Waals surface area contributed by atoms with Crippen molar-refractivity contribution in [3.05, 3.63) is 138 Å². The Morgan fingerprint density at radius 2 is 1.32 bits per heavy atom. The molecule has 1 aromatic heterocycles. The average molecular weight is 489 g/mol. The Hall–Kier alpha value is -4.64. The van der Waals surface area contributed by atoms with E-state index in [4.69, 9.17) is 14.5 Å². The number of pyridine rings is 1. The van der Waals surface area contributed by atoms with Crippen molar-refractivity contribution in [1.82, 2.24) is 4.98 Å². The van der Waals surface area contributed by atoms with E-state index in [-0.39, 0.29) is 12.3 Å². The zero-order valence-corrected chi connectivity index (χ0v) is 20.7. The van der Waals surface area contributed by atoms with E-state index in [1.54, 1.807) is 6.07 Å². The number of para-hydroxylation sites is 1. The maximum absolute atomic E-state index is 13.1. The van der Waals surface area contributed by atoms with Crippen molar-refractivity contribution in [2.45, 2.75) is 19.8 Å². The molecule has 0 bridgehead atoms. The molecule has 5 heteroatoms. The first-order chi connectivity index (χ1) is 18.2. The minimum atomic E-state index is -0.490. The van der Waals surface area contributed by atoms with Crippen LogP contribution in [0, 0.1) is 0 Å². The molecule has 5 rings (SSSR count). The summed E-state index contributed by atoms with van der Waals surface area (Å²) in [4.78, 5) is 20.0. The van der Waals surface area contributed by atoms with Gasteiger partial charge in [-0.2, -0.15) is 0 Å². The molecule has 0 aliphatic rings. The second-order valence-electron chi connectivity index (χ2n) is 8.86. The quantitative estimate of drug-likeness (QED) is 0.213. The predicted octanol–water partition coefficient (Wildman–Crippen LogP) is 6.81. The minimum Gasteiger partial charge on any atom is -0.488 e. The highest BCUT2D eigenvalue weighted by atomic mass is 16.5. The fourth-order valence-electron chi connectivity index (χ4n) is 4.21. The lowest BCUT2D eigenvalue weighted by Gasteiger charge is -2.22. The van der Waals surface area contributed by atoms with Gasteiger partial charge < -0.3 is 14.4 Å². The zero-order valence-electron chi connectivity index (χ0n) is 20.7. The summed E-state index contributed by atoms with van der Waals surface area (Å²) in [6.07, 6.45) is 0. The third-order valence-electron chi connectivity index (χ3n) is 6.11. The van der Waals surface area contributed by atoms with Crippen molar-refractivity contribution in [3.63, 3.8) is 0 Å². The van der Waals surface area contributed by atoms with Gasteiger partial charge in [0.15, 0.2) is 5.69 Å². The number of hydrogen-bond acceptors (Lipinski definition) is 5. The molecule has 5 nitrogen and oxygen atoms in total. The molecule has 0 fully saturated rings. The van der Waals surface area contributed by atoms with E-state index >= 15 is 0 Å². The van der Waals surface area contributed by atoms with E-state index in [0.29, 0.717) is 24.4 Å². The van der Waals surface area contributed by atoms with E-state index in [9.17, 15) is 4.79 Å². The summed E-state index contributed by atoms with van der Waals surface area (Å²) in [5.74, 6) is 0.103. The van der Waals surface area contributed by atoms with Crippen LogP contribution < -0.4 is 9.64 Å². The summed E-state index contributed by atoms with van der Waals surface area (Å²) in [6.45, 7) is 1.25. The molecule has 1 heterocycles. The van der Waals surface area contributed by atoms with Gasteiger partial charge >= 0.3 is 5.97 Å². The number of nitrogens with zero attached hydrogens (tertiary/aromatic N) is 2. The average Bonchev–Trinajstić information content (AvgIpc) is 2.95. The molecule has 0 N–H and O–H groups in total. The zero-order chi connectivity index (χ0) is 25.5. The lowest BCUT2D eigenvalue weighted by Crippen LogP contribution is -2.17. The first-order valence-corrected chi connectivity index (χ1v) is 12.2. The summed E-state index contributed by atoms with van der Waals surface area (Å²) in [5.41, 5.74) is 4.95. The number of esters is 1. The first kappa shape index (κ1) is 24.1. The van der Waals surface area contributed by atoms with E-state index in [2.05, 4.69) is 17.0 Å². The van der Waals surface area contributed by atoms with Crippen molar-refractivity contribution in [3.8, 4) is 5.75 Å². The minimum absolute atomic E-state index is 0.176. The number of anilines is 1. The normalized spacial score (nSPS) is 10.7. The van der Waals surface area contributed by atoms with E-state index in [1.165, 1.54) is 5.56 Å². The summed E-state index contributed by atoms with van der Waals surface area (Å²) >= 11 is 0. The van der Waals surface area contributed by atoms with Gasteiger partial charge in [-0.3, -0.25) is 0 Å². The largest absolute Gasteiger partial charge is 0.488 e. The van der Waals surface area contributed by atoms with Crippen LogP contribution in [0.25, 0.3) is 10.9 Å². The van der Waals surface area contributed by atoms with Gasteiger partial charge in [0.05, 0.1) is 11.2 Å². The van der Waals surface area contributed by atoms with Crippen LogP contribution >= 0.6 is 0 Å². The van der Waals surface area contributed by atoms with Crippen molar-refractivity contribution >= 4 is 22.6 Å². The number of benzene rings is 4. The van der Waals surface area contributed by atoms with Crippen molar-refractivity contribution in [2.24, 2.45) is 0 Å². The lowest BCUT2D eigenvalue weighted by molar-refractivity contribution is 0.0465. The molecule has 0 saturated carbocycles. The second kappa shape index (κ2) is 11.4. The number of rotatable bonds is 9. The highest BCUT2D eigenvalue weighted by molar-refractivity contribution is 5.99. The molecule has 0 atom stereocenters. The molecule has 4 aromatic carbocycles. The number of hydrogen-bond donors (Lipinski definition) is 0. The van der Waals surface area contributed by atoms with Crippen LogP contribution in [0.3, 0.4) is 0 Å². The number of carbonyl (C=O) groups is 1. The number of fused-ring (bicyclic) bond motifs is 1. The standard InChI is InChI=1S/C32H28N2O3/c1-34(21-24-12-5-2-6-13-24)29-19-11-18-27-30(36-22-25-14-7-3-8-15-25)20-28(33-31(27)29)32(35)37-23-26-16-9-4-10-17-26/h2-20H,21-23H2,1H3. The summed E-state index contributed by atoms with van der Waals surface area (Å²) in [5, 5.41) is 0.841. The smallest absolute Gasteiger partial charge is 0.357 e. The number of ether oxygens (including phenoxy) is 2. The second-order valence-corrected chi connectivity index (χ2v) is 8.86. The molecule has 184 valence electrons. The van der Waals surface area contributed by atoms with Crippen LogP contribution in [-0.4, -0.2) is 18.0 Å². The van der Waals surface area contributed by atoms with E-state index < -0.39 is 5.97 Å². The van der Waals surface area contributed by atoms with Crippen LogP contribution in [0.4, 0.5) is 5.69 Å². The summed E-state index contributed by atoms with van der Waals surface area (Å²) in [6, 6.07) is 37.5. The van der Waals surface area contributed by atoms with Gasteiger partial charge in [0.2, 0.25) is 0 Å². The van der Waals surface area contributed by atoms with E-state index in [0.717, 1.165) is 22.2 Å². The van der Waals surface area contributed by atoms with Gasteiger partial charge in [0, 0.05) is 25.0 Å². The van der Waals surface area contributed by atoms with Crippen molar-refractivity contribution in [1.29, 1.82) is 0 Å².